The monoisotopic (exact) mass is 371 g/mol. The summed E-state index contributed by atoms with van der Waals surface area (Å²) >= 11 is 0. The number of aryl methyl sites for hydroxylation is 2. The zero-order valence-electron chi connectivity index (χ0n) is 16.2. The van der Waals surface area contributed by atoms with Crippen molar-refractivity contribution in [2.24, 2.45) is 0 Å². The van der Waals surface area contributed by atoms with Crippen molar-refractivity contribution >= 4 is 0 Å². The molecule has 0 bridgehead atoms. The van der Waals surface area contributed by atoms with E-state index in [4.69, 9.17) is 14.2 Å². The maximum atomic E-state index is 5.60. The highest BCUT2D eigenvalue weighted by atomic mass is 16.5. The first-order valence-electron chi connectivity index (χ1n) is 8.77. The van der Waals surface area contributed by atoms with Crippen LogP contribution in [0, 0.1) is 6.92 Å². The molecule has 0 aliphatic heterocycles. The fourth-order valence-corrected chi connectivity index (χ4v) is 3.07. The fraction of sp³-hybridized carbons (Fsp3) is 0.421. The number of hydrogen-bond acceptors (Lipinski definition) is 6. The van der Waals surface area contributed by atoms with Crippen molar-refractivity contribution < 1.29 is 14.2 Å². The molecule has 0 unspecified atom stereocenters. The molecule has 0 saturated heterocycles. The summed E-state index contributed by atoms with van der Waals surface area (Å²) in [4.78, 5) is 4.55. The molecule has 0 amide bonds. The topological polar surface area (TPSA) is 76.2 Å². The zero-order valence-corrected chi connectivity index (χ0v) is 16.2. The molecule has 0 spiro atoms. The van der Waals surface area contributed by atoms with Gasteiger partial charge in [0, 0.05) is 32.7 Å². The van der Waals surface area contributed by atoms with Crippen LogP contribution in [-0.2, 0) is 17.8 Å². The van der Waals surface area contributed by atoms with Crippen molar-refractivity contribution in [2.45, 2.75) is 26.4 Å². The molecule has 1 aromatic carbocycles. The van der Waals surface area contributed by atoms with Crippen molar-refractivity contribution in [2.75, 3.05) is 27.9 Å². The quantitative estimate of drug-likeness (QED) is 0.538. The summed E-state index contributed by atoms with van der Waals surface area (Å²) in [5, 5.41) is 8.32. The van der Waals surface area contributed by atoms with Gasteiger partial charge in [-0.25, -0.2) is 4.98 Å². The smallest absolute Gasteiger partial charge is 0.171 e. The van der Waals surface area contributed by atoms with E-state index < -0.39 is 0 Å². The molecule has 2 aromatic heterocycles. The van der Waals surface area contributed by atoms with E-state index in [0.29, 0.717) is 24.7 Å². The first kappa shape index (κ1) is 18.9. The number of aromatic nitrogens is 5. The minimum atomic E-state index is 0.557. The normalized spacial score (nSPS) is 11.0. The Bertz CT molecular complexity index is 887. The van der Waals surface area contributed by atoms with Gasteiger partial charge in [-0.1, -0.05) is 0 Å². The van der Waals surface area contributed by atoms with Crippen molar-refractivity contribution in [3.8, 4) is 22.9 Å². The molecule has 0 radical (unpaired) electrons. The zero-order chi connectivity index (χ0) is 19.2. The Morgan fingerprint density at radius 1 is 1.07 bits per heavy atom. The number of imidazole rings is 1. The van der Waals surface area contributed by atoms with E-state index in [1.165, 1.54) is 0 Å². The van der Waals surface area contributed by atoms with Gasteiger partial charge in [0.25, 0.3) is 0 Å². The lowest BCUT2D eigenvalue weighted by atomic mass is 10.1. The van der Waals surface area contributed by atoms with E-state index in [1.54, 1.807) is 33.9 Å². The van der Waals surface area contributed by atoms with Gasteiger partial charge >= 0.3 is 0 Å². The molecule has 0 aliphatic rings. The molecule has 0 saturated carbocycles. The SMILES string of the molecule is COCCCn1cnnc1Cn1ccnc1-c1cc(C)cc(OC)c1OC. The Balaban J connectivity index is 1.92. The number of hydrogen-bond donors (Lipinski definition) is 0. The summed E-state index contributed by atoms with van der Waals surface area (Å²) in [5.74, 6) is 3.01. The number of nitrogens with zero attached hydrogens (tertiary/aromatic N) is 5. The molecule has 0 atom stereocenters. The second kappa shape index (κ2) is 8.68. The molecule has 27 heavy (non-hydrogen) atoms. The Morgan fingerprint density at radius 2 is 1.93 bits per heavy atom. The van der Waals surface area contributed by atoms with Gasteiger partial charge in [0.1, 0.15) is 12.2 Å². The summed E-state index contributed by atoms with van der Waals surface area (Å²) < 4.78 is 20.3. The van der Waals surface area contributed by atoms with Crippen LogP contribution in [0.3, 0.4) is 0 Å². The molecule has 0 fully saturated rings. The van der Waals surface area contributed by atoms with E-state index >= 15 is 0 Å². The van der Waals surface area contributed by atoms with Gasteiger partial charge in [-0.05, 0) is 31.0 Å². The minimum Gasteiger partial charge on any atom is -0.493 e. The molecule has 0 aliphatic carbocycles. The van der Waals surface area contributed by atoms with Gasteiger partial charge in [0.2, 0.25) is 0 Å². The third-order valence-electron chi connectivity index (χ3n) is 4.33. The predicted molar refractivity (Wildman–Crippen MR) is 101 cm³/mol. The van der Waals surface area contributed by atoms with Crippen LogP contribution in [0.1, 0.15) is 17.8 Å². The molecular formula is C19H25N5O3. The van der Waals surface area contributed by atoms with Gasteiger partial charge in [0.05, 0.1) is 26.3 Å². The summed E-state index contributed by atoms with van der Waals surface area (Å²) in [6.45, 7) is 4.09. The van der Waals surface area contributed by atoms with E-state index in [0.717, 1.165) is 35.7 Å². The largest absolute Gasteiger partial charge is 0.493 e. The fourth-order valence-electron chi connectivity index (χ4n) is 3.07. The van der Waals surface area contributed by atoms with Crippen molar-refractivity contribution in [1.29, 1.82) is 0 Å². The van der Waals surface area contributed by atoms with Crippen LogP contribution < -0.4 is 9.47 Å². The molecule has 0 N–H and O–H groups in total. The lowest BCUT2D eigenvalue weighted by molar-refractivity contribution is 0.190. The predicted octanol–water partition coefficient (Wildman–Crippen LogP) is 2.55. The summed E-state index contributed by atoms with van der Waals surface area (Å²) in [5.41, 5.74) is 1.95. The second-order valence-corrected chi connectivity index (χ2v) is 6.21. The number of benzene rings is 1. The summed E-state index contributed by atoms with van der Waals surface area (Å²) in [7, 11) is 4.97. The molecule has 8 nitrogen and oxygen atoms in total. The van der Waals surface area contributed by atoms with Crippen LogP contribution >= 0.6 is 0 Å². The summed E-state index contributed by atoms with van der Waals surface area (Å²) in [6.07, 6.45) is 6.35. The van der Waals surface area contributed by atoms with Gasteiger partial charge in [-0.2, -0.15) is 0 Å². The van der Waals surface area contributed by atoms with Crippen LogP contribution in [0.2, 0.25) is 0 Å². The second-order valence-electron chi connectivity index (χ2n) is 6.21. The average molecular weight is 371 g/mol. The van der Waals surface area contributed by atoms with Crippen LogP contribution in [-0.4, -0.2) is 52.3 Å². The third kappa shape index (κ3) is 4.11. The first-order valence-corrected chi connectivity index (χ1v) is 8.77. The lowest BCUT2D eigenvalue weighted by Crippen LogP contribution is -2.10. The van der Waals surface area contributed by atoms with Crippen LogP contribution in [0.25, 0.3) is 11.4 Å². The first-order chi connectivity index (χ1) is 13.2. The Morgan fingerprint density at radius 3 is 2.67 bits per heavy atom. The van der Waals surface area contributed by atoms with Crippen LogP contribution in [0.15, 0.2) is 30.9 Å². The lowest BCUT2D eigenvalue weighted by Gasteiger charge is -2.15. The van der Waals surface area contributed by atoms with Crippen LogP contribution in [0.5, 0.6) is 11.5 Å². The summed E-state index contributed by atoms with van der Waals surface area (Å²) in [6, 6.07) is 3.99. The Hall–Kier alpha value is -2.87. The van der Waals surface area contributed by atoms with Crippen molar-refractivity contribution in [3.63, 3.8) is 0 Å². The van der Waals surface area contributed by atoms with E-state index in [9.17, 15) is 0 Å². The third-order valence-corrected chi connectivity index (χ3v) is 4.33. The Labute approximate surface area is 158 Å². The standard InChI is InChI=1S/C19H25N5O3/c1-14-10-15(18(27-4)16(11-14)26-3)19-20-6-8-23(19)12-17-22-21-13-24(17)7-5-9-25-2/h6,8,10-11,13H,5,7,9,12H2,1-4H3. The molecule has 2 heterocycles. The minimum absolute atomic E-state index is 0.557. The van der Waals surface area contributed by atoms with E-state index in [2.05, 4.69) is 15.2 Å². The number of rotatable bonds is 9. The van der Waals surface area contributed by atoms with Crippen molar-refractivity contribution in [1.82, 2.24) is 24.3 Å². The van der Waals surface area contributed by atoms with Crippen LogP contribution in [0.4, 0.5) is 0 Å². The highest BCUT2D eigenvalue weighted by molar-refractivity contribution is 5.70. The highest BCUT2D eigenvalue weighted by Gasteiger charge is 2.18. The molecular weight excluding hydrogens is 346 g/mol. The molecule has 3 aromatic rings. The molecule has 144 valence electrons. The Kier molecular flexibility index (Phi) is 6.08. The average Bonchev–Trinajstić information content (AvgIpc) is 3.31. The van der Waals surface area contributed by atoms with Gasteiger partial charge < -0.3 is 23.3 Å². The maximum Gasteiger partial charge on any atom is 0.171 e. The molecule has 8 heteroatoms. The number of methoxy groups -OCH3 is 3. The van der Waals surface area contributed by atoms with Gasteiger partial charge in [-0.3, -0.25) is 0 Å². The maximum absolute atomic E-state index is 5.60. The van der Waals surface area contributed by atoms with E-state index in [-0.39, 0.29) is 0 Å². The van der Waals surface area contributed by atoms with Gasteiger partial charge in [0.15, 0.2) is 17.3 Å². The number of ether oxygens (including phenoxy) is 3. The molecule has 3 rings (SSSR count). The highest BCUT2D eigenvalue weighted by Crippen LogP contribution is 2.38. The van der Waals surface area contributed by atoms with Crippen molar-refractivity contribution in [3.05, 3.63) is 42.2 Å². The van der Waals surface area contributed by atoms with Gasteiger partial charge in [-0.15, -0.1) is 10.2 Å². The van der Waals surface area contributed by atoms with E-state index in [1.807, 2.05) is 34.4 Å².